The number of nitrogens with zero attached hydrogens (tertiary/aromatic N) is 2. The minimum absolute atomic E-state index is 0.0478. The first-order valence-electron chi connectivity index (χ1n) is 8.70. The topological polar surface area (TPSA) is 81.0 Å². The van der Waals surface area contributed by atoms with Gasteiger partial charge in [0.15, 0.2) is 0 Å². The fourth-order valence-electron chi connectivity index (χ4n) is 3.70. The molecule has 0 radical (unpaired) electrons. The standard InChI is InChI=1S/C22H19N3O2/c1-12-8-9-14(10-13(12)2)18-16(11-23)21(24)27-20-15-6-4-5-7-17(15)25(3)22(26)19(18)20/h4-10,18H,24H2,1-3H3/t18-/m0/s1. The Kier molecular flexibility index (Phi) is 3.78. The molecule has 0 bridgehead atoms. The zero-order chi connectivity index (χ0) is 19.3. The Balaban J connectivity index is 2.13. The van der Waals surface area contributed by atoms with Crippen LogP contribution in [0.4, 0.5) is 0 Å². The highest BCUT2D eigenvalue weighted by Crippen LogP contribution is 2.43. The first-order valence-corrected chi connectivity index (χ1v) is 8.70. The zero-order valence-corrected chi connectivity index (χ0v) is 15.4. The third-order valence-corrected chi connectivity index (χ3v) is 5.33. The number of rotatable bonds is 1. The number of pyridine rings is 1. The van der Waals surface area contributed by atoms with E-state index in [1.165, 1.54) is 0 Å². The summed E-state index contributed by atoms with van der Waals surface area (Å²) >= 11 is 0. The molecule has 134 valence electrons. The highest BCUT2D eigenvalue weighted by atomic mass is 16.5. The Bertz CT molecular complexity index is 1230. The van der Waals surface area contributed by atoms with Crippen molar-refractivity contribution in [3.8, 4) is 11.8 Å². The van der Waals surface area contributed by atoms with E-state index in [-0.39, 0.29) is 17.0 Å². The first kappa shape index (κ1) is 16.9. The molecule has 5 nitrogen and oxygen atoms in total. The van der Waals surface area contributed by atoms with Crippen LogP contribution in [0.2, 0.25) is 0 Å². The summed E-state index contributed by atoms with van der Waals surface area (Å²) in [6.07, 6.45) is 0. The second kappa shape index (κ2) is 6.03. The lowest BCUT2D eigenvalue weighted by atomic mass is 9.82. The number of benzene rings is 2. The van der Waals surface area contributed by atoms with Crippen LogP contribution < -0.4 is 16.0 Å². The summed E-state index contributed by atoms with van der Waals surface area (Å²) in [6, 6.07) is 15.6. The fraction of sp³-hybridized carbons (Fsp3) is 0.182. The number of hydrogen-bond donors (Lipinski definition) is 1. The maximum absolute atomic E-state index is 13.2. The number of allylic oxidation sites excluding steroid dienone is 1. The van der Waals surface area contributed by atoms with Gasteiger partial charge in [-0.15, -0.1) is 0 Å². The molecular weight excluding hydrogens is 338 g/mol. The molecule has 4 rings (SSSR count). The molecule has 3 aromatic rings. The molecule has 2 N–H and O–H groups in total. The molecule has 0 spiro atoms. The van der Waals surface area contributed by atoms with Crippen LogP contribution >= 0.6 is 0 Å². The number of fused-ring (bicyclic) bond motifs is 3. The molecule has 0 amide bonds. The van der Waals surface area contributed by atoms with Crippen molar-refractivity contribution < 1.29 is 4.74 Å². The third-order valence-electron chi connectivity index (χ3n) is 5.33. The second-order valence-corrected chi connectivity index (χ2v) is 6.89. The van der Waals surface area contributed by atoms with E-state index < -0.39 is 5.92 Å². The number of aromatic nitrogens is 1. The Labute approximate surface area is 156 Å². The third kappa shape index (κ3) is 2.42. The molecule has 2 aromatic carbocycles. The van der Waals surface area contributed by atoms with Crippen LogP contribution in [0.3, 0.4) is 0 Å². The maximum Gasteiger partial charge on any atom is 0.258 e. The molecule has 1 aliphatic heterocycles. The molecule has 0 fully saturated rings. The molecule has 1 atom stereocenters. The summed E-state index contributed by atoms with van der Waals surface area (Å²) in [5, 5.41) is 10.5. The molecule has 5 heteroatoms. The predicted molar refractivity (Wildman–Crippen MR) is 104 cm³/mol. The van der Waals surface area contributed by atoms with Gasteiger partial charge in [-0.25, -0.2) is 0 Å². The Morgan fingerprint density at radius 2 is 1.89 bits per heavy atom. The summed E-state index contributed by atoms with van der Waals surface area (Å²) < 4.78 is 7.41. The monoisotopic (exact) mass is 357 g/mol. The molecule has 27 heavy (non-hydrogen) atoms. The zero-order valence-electron chi connectivity index (χ0n) is 15.4. The smallest absolute Gasteiger partial charge is 0.258 e. The van der Waals surface area contributed by atoms with Crippen molar-refractivity contribution in [2.45, 2.75) is 19.8 Å². The van der Waals surface area contributed by atoms with Crippen LogP contribution in [-0.4, -0.2) is 4.57 Å². The van der Waals surface area contributed by atoms with Crippen molar-refractivity contribution in [1.82, 2.24) is 4.57 Å². The predicted octanol–water partition coefficient (Wildman–Crippen LogP) is 3.37. The summed E-state index contributed by atoms with van der Waals surface area (Å²) in [5.41, 5.74) is 10.5. The van der Waals surface area contributed by atoms with Gasteiger partial charge in [0.05, 0.1) is 17.0 Å². The summed E-state index contributed by atoms with van der Waals surface area (Å²) in [5.74, 6) is -0.0681. The van der Waals surface area contributed by atoms with Crippen LogP contribution in [0.15, 0.2) is 58.7 Å². The van der Waals surface area contributed by atoms with E-state index in [1.807, 2.05) is 56.3 Å². The number of hydrogen-bond acceptors (Lipinski definition) is 4. The van der Waals surface area contributed by atoms with Crippen LogP contribution in [0.1, 0.15) is 28.2 Å². The molecule has 0 aliphatic carbocycles. The number of para-hydroxylation sites is 1. The molecule has 1 aromatic heterocycles. The van der Waals surface area contributed by atoms with Crippen molar-refractivity contribution in [2.75, 3.05) is 0 Å². The van der Waals surface area contributed by atoms with E-state index in [0.717, 1.165) is 27.6 Å². The van der Waals surface area contributed by atoms with Crippen molar-refractivity contribution >= 4 is 10.9 Å². The lowest BCUT2D eigenvalue weighted by Gasteiger charge is -2.28. The van der Waals surface area contributed by atoms with Gasteiger partial charge in [0, 0.05) is 12.4 Å². The first-order chi connectivity index (χ1) is 12.9. The van der Waals surface area contributed by atoms with Gasteiger partial charge in [0.1, 0.15) is 17.4 Å². The number of nitrogens with two attached hydrogens (primary N) is 1. The molecule has 1 aliphatic rings. The fourth-order valence-corrected chi connectivity index (χ4v) is 3.70. The lowest BCUT2D eigenvalue weighted by molar-refractivity contribution is 0.396. The van der Waals surface area contributed by atoms with E-state index in [4.69, 9.17) is 10.5 Å². The van der Waals surface area contributed by atoms with Gasteiger partial charge in [-0.3, -0.25) is 4.79 Å². The van der Waals surface area contributed by atoms with Gasteiger partial charge in [-0.1, -0.05) is 30.3 Å². The lowest BCUT2D eigenvalue weighted by Crippen LogP contribution is -2.31. The van der Waals surface area contributed by atoms with Gasteiger partial charge < -0.3 is 15.0 Å². The largest absolute Gasteiger partial charge is 0.439 e. The van der Waals surface area contributed by atoms with E-state index in [2.05, 4.69) is 6.07 Å². The highest BCUT2D eigenvalue weighted by molar-refractivity contribution is 5.88. The average molecular weight is 357 g/mol. The summed E-state index contributed by atoms with van der Waals surface area (Å²) in [4.78, 5) is 13.2. The number of aryl methyl sites for hydroxylation is 3. The second-order valence-electron chi connectivity index (χ2n) is 6.89. The SMILES string of the molecule is Cc1ccc([C@H]2C(C#N)=C(N)Oc3c2c(=O)n(C)c2ccccc32)cc1C. The van der Waals surface area contributed by atoms with Crippen LogP contribution in [0.25, 0.3) is 10.9 Å². The summed E-state index contributed by atoms with van der Waals surface area (Å²) in [6.45, 7) is 4.04. The van der Waals surface area contributed by atoms with E-state index in [1.54, 1.807) is 11.6 Å². The number of ether oxygens (including phenoxy) is 1. The van der Waals surface area contributed by atoms with Crippen LogP contribution in [0.5, 0.6) is 5.75 Å². The van der Waals surface area contributed by atoms with Crippen LogP contribution in [0, 0.1) is 25.2 Å². The Morgan fingerprint density at radius 3 is 2.59 bits per heavy atom. The van der Waals surface area contributed by atoms with Crippen molar-refractivity contribution in [3.05, 3.63) is 86.5 Å². The van der Waals surface area contributed by atoms with Gasteiger partial charge in [-0.2, -0.15) is 5.26 Å². The van der Waals surface area contributed by atoms with Crippen molar-refractivity contribution in [2.24, 2.45) is 12.8 Å². The minimum Gasteiger partial charge on any atom is -0.439 e. The molecule has 0 saturated carbocycles. The van der Waals surface area contributed by atoms with E-state index in [9.17, 15) is 10.1 Å². The van der Waals surface area contributed by atoms with E-state index >= 15 is 0 Å². The van der Waals surface area contributed by atoms with Gasteiger partial charge in [0.2, 0.25) is 5.88 Å². The van der Waals surface area contributed by atoms with Gasteiger partial charge >= 0.3 is 0 Å². The Hall–Kier alpha value is -3.52. The summed E-state index contributed by atoms with van der Waals surface area (Å²) in [7, 11) is 1.73. The van der Waals surface area contributed by atoms with Gasteiger partial charge in [0.25, 0.3) is 5.56 Å². The molecule has 0 unspecified atom stereocenters. The Morgan fingerprint density at radius 1 is 1.15 bits per heavy atom. The van der Waals surface area contributed by atoms with E-state index in [0.29, 0.717) is 11.3 Å². The van der Waals surface area contributed by atoms with Gasteiger partial charge in [-0.05, 0) is 42.7 Å². The van der Waals surface area contributed by atoms with Crippen molar-refractivity contribution in [1.29, 1.82) is 5.26 Å². The molecular formula is C22H19N3O2. The normalized spacial score (nSPS) is 16.0. The quantitative estimate of drug-likeness (QED) is 0.724. The highest BCUT2D eigenvalue weighted by Gasteiger charge is 2.35. The number of nitriles is 1. The van der Waals surface area contributed by atoms with Crippen molar-refractivity contribution in [3.63, 3.8) is 0 Å². The maximum atomic E-state index is 13.2. The molecule has 2 heterocycles. The average Bonchev–Trinajstić information content (AvgIpc) is 2.67. The minimum atomic E-state index is -0.554. The van der Waals surface area contributed by atoms with Crippen LogP contribution in [-0.2, 0) is 7.05 Å². The molecule has 0 saturated heterocycles.